The molecule has 68 valence electrons. The molecule has 0 radical (unpaired) electrons. The molecule has 0 bridgehead atoms. The summed E-state index contributed by atoms with van der Waals surface area (Å²) in [6.45, 7) is 5.20. The number of halogens is 1. The molecule has 0 amide bonds. The van der Waals surface area contributed by atoms with Crippen LogP contribution in [0.4, 0.5) is 5.69 Å². The Morgan fingerprint density at radius 3 is 2.69 bits per heavy atom. The number of allylic oxidation sites excluding steroid dienone is 1. The van der Waals surface area contributed by atoms with Crippen molar-refractivity contribution in [1.29, 1.82) is 0 Å². The Labute approximate surface area is 82.0 Å². The van der Waals surface area contributed by atoms with E-state index >= 15 is 0 Å². The number of nitrogen functional groups attached to an aromatic ring is 1. The summed E-state index contributed by atoms with van der Waals surface area (Å²) in [5.74, 6) is -0.167. The molecule has 0 aromatic heterocycles. The molecule has 3 heteroatoms. The molecule has 0 saturated heterocycles. The molecule has 2 N–H and O–H groups in total. The van der Waals surface area contributed by atoms with Gasteiger partial charge in [-0.25, -0.2) is 0 Å². The summed E-state index contributed by atoms with van der Waals surface area (Å²) in [5.41, 5.74) is 6.81. The number of nitrogens with two attached hydrogens (primary N) is 1. The summed E-state index contributed by atoms with van der Waals surface area (Å²) >= 11 is 5.76. The van der Waals surface area contributed by atoms with Crippen molar-refractivity contribution >= 4 is 23.1 Å². The lowest BCUT2D eigenvalue weighted by atomic mass is 10.0. The Morgan fingerprint density at radius 2 is 2.15 bits per heavy atom. The van der Waals surface area contributed by atoms with Crippen molar-refractivity contribution in [1.82, 2.24) is 0 Å². The number of rotatable bonds is 2. The van der Waals surface area contributed by atoms with Crippen molar-refractivity contribution < 1.29 is 4.79 Å². The lowest BCUT2D eigenvalue weighted by molar-refractivity contribution is 0.103. The Bertz CT molecular complexity index is 371. The van der Waals surface area contributed by atoms with Gasteiger partial charge in [-0.1, -0.05) is 24.2 Å². The van der Waals surface area contributed by atoms with Crippen molar-refractivity contribution in [2.24, 2.45) is 0 Å². The lowest BCUT2D eigenvalue weighted by Gasteiger charge is -2.04. The predicted octanol–water partition coefficient (Wildman–Crippen LogP) is 2.68. The minimum atomic E-state index is -0.167. The van der Waals surface area contributed by atoms with Crippen LogP contribution in [-0.2, 0) is 0 Å². The van der Waals surface area contributed by atoms with Gasteiger partial charge in [0.2, 0.25) is 0 Å². The standard InChI is InChI=1S/C10H10ClNO/c1-6(2)10(13)7-4-3-5-8(11)9(7)12/h3-5H,1,12H2,2H3. The molecule has 0 aliphatic rings. The van der Waals surface area contributed by atoms with Gasteiger partial charge in [-0.3, -0.25) is 4.79 Å². The second-order valence-electron chi connectivity index (χ2n) is 2.81. The van der Waals surface area contributed by atoms with E-state index in [4.69, 9.17) is 17.3 Å². The highest BCUT2D eigenvalue weighted by Gasteiger charge is 2.11. The summed E-state index contributed by atoms with van der Waals surface area (Å²) in [6.07, 6.45) is 0. The molecule has 1 rings (SSSR count). The summed E-state index contributed by atoms with van der Waals surface area (Å²) < 4.78 is 0. The number of ketones is 1. The smallest absolute Gasteiger partial charge is 0.190 e. The summed E-state index contributed by atoms with van der Waals surface area (Å²) in [7, 11) is 0. The molecule has 13 heavy (non-hydrogen) atoms. The number of hydrogen-bond donors (Lipinski definition) is 1. The summed E-state index contributed by atoms with van der Waals surface area (Å²) in [4.78, 5) is 11.5. The largest absolute Gasteiger partial charge is 0.397 e. The van der Waals surface area contributed by atoms with E-state index in [0.29, 0.717) is 21.8 Å². The van der Waals surface area contributed by atoms with Crippen molar-refractivity contribution in [2.45, 2.75) is 6.92 Å². The number of carbonyl (C=O) groups is 1. The van der Waals surface area contributed by atoms with Gasteiger partial charge in [-0.15, -0.1) is 0 Å². The van der Waals surface area contributed by atoms with E-state index in [-0.39, 0.29) is 5.78 Å². The van der Waals surface area contributed by atoms with E-state index in [9.17, 15) is 4.79 Å². The number of anilines is 1. The van der Waals surface area contributed by atoms with Crippen LogP contribution in [0.15, 0.2) is 30.4 Å². The van der Waals surface area contributed by atoms with Crippen molar-refractivity contribution in [3.63, 3.8) is 0 Å². The normalized spacial score (nSPS) is 9.69. The second-order valence-corrected chi connectivity index (χ2v) is 3.22. The van der Waals surface area contributed by atoms with Gasteiger partial charge in [-0.2, -0.15) is 0 Å². The Balaban J connectivity index is 3.23. The molecule has 0 atom stereocenters. The van der Waals surface area contributed by atoms with Crippen LogP contribution in [0.25, 0.3) is 0 Å². The lowest BCUT2D eigenvalue weighted by Crippen LogP contribution is -2.04. The molecule has 1 aromatic rings. The third-order valence-electron chi connectivity index (χ3n) is 1.69. The highest BCUT2D eigenvalue weighted by atomic mass is 35.5. The predicted molar refractivity (Wildman–Crippen MR) is 55.0 cm³/mol. The van der Waals surface area contributed by atoms with E-state index in [2.05, 4.69) is 6.58 Å². The van der Waals surface area contributed by atoms with Crippen LogP contribution in [-0.4, -0.2) is 5.78 Å². The van der Waals surface area contributed by atoms with Crippen molar-refractivity contribution in [3.8, 4) is 0 Å². The quantitative estimate of drug-likeness (QED) is 0.448. The SMILES string of the molecule is C=C(C)C(=O)c1cccc(Cl)c1N. The molecule has 0 unspecified atom stereocenters. The molecule has 2 nitrogen and oxygen atoms in total. The van der Waals surface area contributed by atoms with E-state index < -0.39 is 0 Å². The van der Waals surface area contributed by atoms with Crippen LogP contribution in [0.5, 0.6) is 0 Å². The van der Waals surface area contributed by atoms with E-state index in [1.54, 1.807) is 25.1 Å². The van der Waals surface area contributed by atoms with Gasteiger partial charge in [-0.05, 0) is 24.6 Å². The Kier molecular flexibility index (Phi) is 2.73. The zero-order valence-corrected chi connectivity index (χ0v) is 8.06. The Morgan fingerprint density at radius 1 is 1.54 bits per heavy atom. The van der Waals surface area contributed by atoms with E-state index in [0.717, 1.165) is 0 Å². The van der Waals surface area contributed by atoms with Crippen LogP contribution >= 0.6 is 11.6 Å². The fraction of sp³-hybridized carbons (Fsp3) is 0.100. The first-order valence-electron chi connectivity index (χ1n) is 3.78. The first-order valence-corrected chi connectivity index (χ1v) is 4.16. The minimum absolute atomic E-state index is 0.167. The molecule has 0 spiro atoms. The minimum Gasteiger partial charge on any atom is -0.397 e. The number of benzene rings is 1. The fourth-order valence-corrected chi connectivity index (χ4v) is 1.14. The topological polar surface area (TPSA) is 43.1 Å². The van der Waals surface area contributed by atoms with Gasteiger partial charge in [0.05, 0.1) is 10.7 Å². The van der Waals surface area contributed by atoms with Gasteiger partial charge in [0.25, 0.3) is 0 Å². The van der Waals surface area contributed by atoms with Crippen LogP contribution < -0.4 is 5.73 Å². The molecule has 0 heterocycles. The van der Waals surface area contributed by atoms with Crippen molar-refractivity contribution in [3.05, 3.63) is 40.9 Å². The van der Waals surface area contributed by atoms with Gasteiger partial charge in [0, 0.05) is 5.56 Å². The van der Waals surface area contributed by atoms with Gasteiger partial charge in [0.1, 0.15) is 0 Å². The number of para-hydroxylation sites is 1. The van der Waals surface area contributed by atoms with Crippen molar-refractivity contribution in [2.75, 3.05) is 5.73 Å². The van der Waals surface area contributed by atoms with Crippen LogP contribution in [0.3, 0.4) is 0 Å². The first kappa shape index (κ1) is 9.81. The van der Waals surface area contributed by atoms with Crippen LogP contribution in [0.1, 0.15) is 17.3 Å². The molecule has 1 aromatic carbocycles. The van der Waals surface area contributed by atoms with Gasteiger partial charge < -0.3 is 5.73 Å². The van der Waals surface area contributed by atoms with E-state index in [1.165, 1.54) is 0 Å². The number of Topliss-reactive ketones (excluding diaryl/α,β-unsaturated/α-hetero) is 1. The highest BCUT2D eigenvalue weighted by Crippen LogP contribution is 2.23. The molecular formula is C10H10ClNO. The maximum atomic E-state index is 11.5. The molecule has 0 saturated carbocycles. The summed E-state index contributed by atoms with van der Waals surface area (Å²) in [5, 5.41) is 0.395. The zero-order valence-electron chi connectivity index (χ0n) is 7.30. The summed E-state index contributed by atoms with van der Waals surface area (Å²) in [6, 6.07) is 4.97. The van der Waals surface area contributed by atoms with E-state index in [1.807, 2.05) is 0 Å². The van der Waals surface area contributed by atoms with Gasteiger partial charge in [0.15, 0.2) is 5.78 Å². The van der Waals surface area contributed by atoms with Gasteiger partial charge >= 0.3 is 0 Å². The highest BCUT2D eigenvalue weighted by molar-refractivity contribution is 6.34. The number of carbonyl (C=O) groups excluding carboxylic acids is 1. The average Bonchev–Trinajstić information content (AvgIpc) is 2.08. The third kappa shape index (κ3) is 1.90. The Hall–Kier alpha value is -1.28. The first-order chi connectivity index (χ1) is 6.04. The second kappa shape index (κ2) is 3.62. The molecule has 0 fully saturated rings. The fourth-order valence-electron chi connectivity index (χ4n) is 0.965. The average molecular weight is 196 g/mol. The van der Waals surface area contributed by atoms with Crippen LogP contribution in [0.2, 0.25) is 5.02 Å². The van der Waals surface area contributed by atoms with Crippen LogP contribution in [0, 0.1) is 0 Å². The number of hydrogen-bond acceptors (Lipinski definition) is 2. The molecular weight excluding hydrogens is 186 g/mol. The monoisotopic (exact) mass is 195 g/mol. The zero-order chi connectivity index (χ0) is 10.0. The maximum Gasteiger partial charge on any atom is 0.190 e. The molecule has 0 aliphatic carbocycles. The molecule has 0 aliphatic heterocycles. The maximum absolute atomic E-state index is 11.5. The third-order valence-corrected chi connectivity index (χ3v) is 2.01.